The second kappa shape index (κ2) is 8.22. The third-order valence-electron chi connectivity index (χ3n) is 4.85. The SMILES string of the molecule is Cc1ccc(CNC(=O)C(=O)NCC(O)c2ccc3c(c2)CCN3C)cc1. The summed E-state index contributed by atoms with van der Waals surface area (Å²) in [5, 5.41) is 15.4. The van der Waals surface area contributed by atoms with E-state index in [1.54, 1.807) is 0 Å². The van der Waals surface area contributed by atoms with E-state index in [-0.39, 0.29) is 13.1 Å². The molecule has 0 bridgehead atoms. The molecule has 1 heterocycles. The molecule has 2 amide bonds. The highest BCUT2D eigenvalue weighted by molar-refractivity contribution is 6.35. The summed E-state index contributed by atoms with van der Waals surface area (Å²) in [5.74, 6) is -1.46. The zero-order chi connectivity index (χ0) is 19.4. The Morgan fingerprint density at radius 2 is 1.81 bits per heavy atom. The van der Waals surface area contributed by atoms with Gasteiger partial charge in [-0.3, -0.25) is 9.59 Å². The van der Waals surface area contributed by atoms with Crippen molar-refractivity contribution in [3.63, 3.8) is 0 Å². The quantitative estimate of drug-likeness (QED) is 0.699. The Kier molecular flexibility index (Phi) is 5.76. The Morgan fingerprint density at radius 3 is 2.56 bits per heavy atom. The number of carbonyl (C=O) groups is 2. The summed E-state index contributed by atoms with van der Waals surface area (Å²) < 4.78 is 0. The van der Waals surface area contributed by atoms with E-state index in [0.717, 1.165) is 29.7 Å². The van der Waals surface area contributed by atoms with Crippen molar-refractivity contribution in [2.45, 2.75) is 26.0 Å². The van der Waals surface area contributed by atoms with Crippen LogP contribution < -0.4 is 15.5 Å². The van der Waals surface area contributed by atoms with Gasteiger partial charge in [0.05, 0.1) is 6.10 Å². The number of nitrogens with one attached hydrogen (secondary N) is 2. The number of aliphatic hydroxyl groups excluding tert-OH is 1. The van der Waals surface area contributed by atoms with Crippen molar-refractivity contribution in [2.24, 2.45) is 0 Å². The van der Waals surface area contributed by atoms with Crippen LogP contribution >= 0.6 is 0 Å². The number of nitrogens with zero attached hydrogens (tertiary/aromatic N) is 1. The highest BCUT2D eigenvalue weighted by Gasteiger charge is 2.19. The molecule has 0 aliphatic carbocycles. The normalized spacial score (nSPS) is 13.8. The monoisotopic (exact) mass is 367 g/mol. The fourth-order valence-corrected chi connectivity index (χ4v) is 3.15. The van der Waals surface area contributed by atoms with Gasteiger partial charge in [-0.25, -0.2) is 0 Å². The molecule has 0 aromatic heterocycles. The van der Waals surface area contributed by atoms with E-state index < -0.39 is 17.9 Å². The topological polar surface area (TPSA) is 81.7 Å². The fraction of sp³-hybridized carbons (Fsp3) is 0.333. The first-order valence-corrected chi connectivity index (χ1v) is 9.07. The van der Waals surface area contributed by atoms with Gasteiger partial charge in [0.2, 0.25) is 0 Å². The largest absolute Gasteiger partial charge is 0.387 e. The summed E-state index contributed by atoms with van der Waals surface area (Å²) in [6.07, 6.45) is 0.0928. The van der Waals surface area contributed by atoms with Crippen LogP contribution in [0.1, 0.15) is 28.4 Å². The third kappa shape index (κ3) is 4.65. The first-order valence-electron chi connectivity index (χ1n) is 9.07. The van der Waals surface area contributed by atoms with Crippen LogP contribution in [0.5, 0.6) is 0 Å². The molecule has 1 unspecified atom stereocenters. The Labute approximate surface area is 159 Å². The van der Waals surface area contributed by atoms with Crippen molar-refractivity contribution in [1.82, 2.24) is 10.6 Å². The van der Waals surface area contributed by atoms with E-state index in [4.69, 9.17) is 0 Å². The molecule has 0 spiro atoms. The third-order valence-corrected chi connectivity index (χ3v) is 4.85. The summed E-state index contributed by atoms with van der Waals surface area (Å²) >= 11 is 0. The van der Waals surface area contributed by atoms with E-state index in [2.05, 4.69) is 15.5 Å². The Balaban J connectivity index is 1.48. The number of rotatable bonds is 5. The lowest BCUT2D eigenvalue weighted by atomic mass is 10.0. The van der Waals surface area contributed by atoms with Gasteiger partial charge in [0.15, 0.2) is 0 Å². The van der Waals surface area contributed by atoms with Crippen molar-refractivity contribution in [2.75, 3.05) is 25.0 Å². The molecule has 1 aliphatic heterocycles. The maximum Gasteiger partial charge on any atom is 0.309 e. The van der Waals surface area contributed by atoms with Crippen LogP contribution in [0.4, 0.5) is 5.69 Å². The number of fused-ring (bicyclic) bond motifs is 1. The van der Waals surface area contributed by atoms with Crippen LogP contribution in [-0.2, 0) is 22.6 Å². The molecule has 1 atom stereocenters. The van der Waals surface area contributed by atoms with Crippen LogP contribution in [-0.4, -0.2) is 37.1 Å². The molecule has 3 rings (SSSR count). The first kappa shape index (κ1) is 18.9. The summed E-state index contributed by atoms with van der Waals surface area (Å²) in [4.78, 5) is 26.0. The number of anilines is 1. The summed E-state index contributed by atoms with van der Waals surface area (Å²) in [6, 6.07) is 13.5. The molecule has 6 heteroatoms. The average molecular weight is 367 g/mol. The maximum atomic E-state index is 11.9. The van der Waals surface area contributed by atoms with Gasteiger partial charge in [0, 0.05) is 32.4 Å². The van der Waals surface area contributed by atoms with Crippen LogP contribution in [0.15, 0.2) is 42.5 Å². The van der Waals surface area contributed by atoms with Crippen molar-refractivity contribution in [3.05, 3.63) is 64.7 Å². The van der Waals surface area contributed by atoms with Gasteiger partial charge in [-0.15, -0.1) is 0 Å². The predicted octanol–water partition coefficient (Wildman–Crippen LogP) is 1.45. The molecule has 0 radical (unpaired) electrons. The molecule has 0 saturated heterocycles. The summed E-state index contributed by atoms with van der Waals surface area (Å²) in [7, 11) is 2.04. The molecule has 0 saturated carbocycles. The molecule has 27 heavy (non-hydrogen) atoms. The lowest BCUT2D eigenvalue weighted by molar-refractivity contribution is -0.139. The van der Waals surface area contributed by atoms with E-state index in [0.29, 0.717) is 0 Å². The fourth-order valence-electron chi connectivity index (χ4n) is 3.15. The minimum Gasteiger partial charge on any atom is -0.387 e. The molecule has 142 valence electrons. The molecular weight excluding hydrogens is 342 g/mol. The van der Waals surface area contributed by atoms with Crippen molar-refractivity contribution in [1.29, 1.82) is 0 Å². The van der Waals surface area contributed by atoms with Gasteiger partial charge >= 0.3 is 11.8 Å². The van der Waals surface area contributed by atoms with Gasteiger partial charge in [-0.1, -0.05) is 42.0 Å². The number of hydrogen-bond donors (Lipinski definition) is 3. The first-order chi connectivity index (χ1) is 12.9. The molecule has 2 aromatic carbocycles. The van der Waals surface area contributed by atoms with Crippen molar-refractivity contribution < 1.29 is 14.7 Å². The standard InChI is InChI=1S/C21H25N3O3/c1-14-3-5-15(6-4-14)12-22-20(26)21(27)23-13-19(25)17-7-8-18-16(11-17)9-10-24(18)2/h3-8,11,19,25H,9-10,12-13H2,1-2H3,(H,22,26)(H,23,27). The van der Waals surface area contributed by atoms with Crippen LogP contribution in [0.25, 0.3) is 0 Å². The van der Waals surface area contributed by atoms with Gasteiger partial charge in [0.1, 0.15) is 0 Å². The number of likely N-dealkylation sites (N-methyl/N-ethyl adjacent to an activating group) is 1. The second-order valence-corrected chi connectivity index (χ2v) is 6.95. The van der Waals surface area contributed by atoms with E-state index >= 15 is 0 Å². The summed E-state index contributed by atoms with van der Waals surface area (Å²) in [5.41, 5.74) is 5.16. The van der Waals surface area contributed by atoms with Gasteiger partial charge in [-0.05, 0) is 36.1 Å². The molecular formula is C21H25N3O3. The lowest BCUT2D eigenvalue weighted by Crippen LogP contribution is -2.41. The van der Waals surface area contributed by atoms with Gasteiger partial charge < -0.3 is 20.6 Å². The minimum atomic E-state index is -0.852. The molecule has 3 N–H and O–H groups in total. The van der Waals surface area contributed by atoms with E-state index in [1.165, 1.54) is 11.3 Å². The Bertz CT molecular complexity index is 833. The number of amides is 2. The van der Waals surface area contributed by atoms with E-state index in [9.17, 15) is 14.7 Å². The number of aryl methyl sites for hydroxylation is 1. The Hall–Kier alpha value is -2.86. The van der Waals surface area contributed by atoms with Crippen molar-refractivity contribution >= 4 is 17.5 Å². The second-order valence-electron chi connectivity index (χ2n) is 6.95. The molecule has 1 aliphatic rings. The van der Waals surface area contributed by atoms with Crippen LogP contribution in [0.2, 0.25) is 0 Å². The number of hydrogen-bond acceptors (Lipinski definition) is 4. The zero-order valence-electron chi connectivity index (χ0n) is 15.7. The Morgan fingerprint density at radius 1 is 1.11 bits per heavy atom. The highest BCUT2D eigenvalue weighted by atomic mass is 16.3. The highest BCUT2D eigenvalue weighted by Crippen LogP contribution is 2.29. The van der Waals surface area contributed by atoms with Crippen molar-refractivity contribution in [3.8, 4) is 0 Å². The van der Waals surface area contributed by atoms with Crippen LogP contribution in [0.3, 0.4) is 0 Å². The predicted molar refractivity (Wildman–Crippen MR) is 104 cm³/mol. The minimum absolute atomic E-state index is 0.00852. The summed E-state index contributed by atoms with van der Waals surface area (Å²) in [6.45, 7) is 3.23. The zero-order valence-corrected chi connectivity index (χ0v) is 15.7. The number of carbonyl (C=O) groups excluding carboxylic acids is 2. The molecule has 2 aromatic rings. The molecule has 0 fully saturated rings. The van der Waals surface area contributed by atoms with Crippen LogP contribution in [0, 0.1) is 6.92 Å². The smallest absolute Gasteiger partial charge is 0.309 e. The lowest BCUT2D eigenvalue weighted by Gasteiger charge is -2.15. The average Bonchev–Trinajstić information content (AvgIpc) is 3.05. The van der Waals surface area contributed by atoms with E-state index in [1.807, 2.05) is 56.4 Å². The van der Waals surface area contributed by atoms with Gasteiger partial charge in [0.25, 0.3) is 0 Å². The number of benzene rings is 2. The number of aliphatic hydroxyl groups is 1. The maximum absolute atomic E-state index is 11.9. The molecule has 6 nitrogen and oxygen atoms in total. The van der Waals surface area contributed by atoms with Gasteiger partial charge in [-0.2, -0.15) is 0 Å².